The van der Waals surface area contributed by atoms with E-state index in [0.29, 0.717) is 11.1 Å². The van der Waals surface area contributed by atoms with Crippen molar-refractivity contribution >= 4 is 10.9 Å². The third-order valence-corrected chi connectivity index (χ3v) is 3.27. The Kier molecular flexibility index (Phi) is 3.02. The van der Waals surface area contributed by atoms with E-state index in [1.165, 1.54) is 0 Å². The maximum atomic E-state index is 9.13. The lowest BCUT2D eigenvalue weighted by atomic mass is 10.1. The molecule has 0 unspecified atom stereocenters. The van der Waals surface area contributed by atoms with Crippen molar-refractivity contribution in [1.82, 2.24) is 9.78 Å². The molecule has 5 heteroatoms. The van der Waals surface area contributed by atoms with Crippen LogP contribution in [0.1, 0.15) is 11.1 Å². The van der Waals surface area contributed by atoms with Gasteiger partial charge in [0.15, 0.2) is 0 Å². The smallest absolute Gasteiger partial charge is 0.119 e. The fourth-order valence-corrected chi connectivity index (χ4v) is 2.19. The molecule has 5 nitrogen and oxygen atoms in total. The average Bonchev–Trinajstić information content (AvgIpc) is 2.96. The number of hydrogen-bond donors (Lipinski definition) is 0. The zero-order valence-electron chi connectivity index (χ0n) is 11.2. The largest absolute Gasteiger partial charge is 0.497 e. The van der Waals surface area contributed by atoms with E-state index >= 15 is 0 Å². The molecule has 2 aromatic carbocycles. The highest BCUT2D eigenvalue weighted by molar-refractivity contribution is 5.83. The van der Waals surface area contributed by atoms with E-state index in [-0.39, 0.29) is 0 Å². The lowest BCUT2D eigenvalue weighted by Gasteiger charge is -2.05. The SMILES string of the molecule is COc1ccc(-n2ncc3cc(C#N)c(C#N)cc32)cc1. The molecule has 0 spiro atoms. The molecule has 0 saturated carbocycles. The summed E-state index contributed by atoms with van der Waals surface area (Å²) in [5, 5.41) is 23.3. The van der Waals surface area contributed by atoms with Gasteiger partial charge in [-0.15, -0.1) is 0 Å². The van der Waals surface area contributed by atoms with Gasteiger partial charge in [0.1, 0.15) is 17.9 Å². The summed E-state index contributed by atoms with van der Waals surface area (Å²) in [5.74, 6) is 0.764. The Hall–Kier alpha value is -3.31. The number of nitriles is 2. The van der Waals surface area contributed by atoms with Gasteiger partial charge in [-0.2, -0.15) is 15.6 Å². The van der Waals surface area contributed by atoms with Crippen LogP contribution in [0.25, 0.3) is 16.6 Å². The van der Waals surface area contributed by atoms with Gasteiger partial charge in [0.25, 0.3) is 0 Å². The Morgan fingerprint density at radius 2 is 1.71 bits per heavy atom. The summed E-state index contributed by atoms with van der Waals surface area (Å²) in [7, 11) is 1.61. The summed E-state index contributed by atoms with van der Waals surface area (Å²) in [5.41, 5.74) is 2.36. The number of benzene rings is 2. The summed E-state index contributed by atoms with van der Waals surface area (Å²) >= 11 is 0. The van der Waals surface area contributed by atoms with Gasteiger partial charge in [0, 0.05) is 5.39 Å². The Morgan fingerprint density at radius 1 is 1.05 bits per heavy atom. The van der Waals surface area contributed by atoms with Gasteiger partial charge in [-0.05, 0) is 36.4 Å². The predicted octanol–water partition coefficient (Wildman–Crippen LogP) is 2.78. The molecule has 1 aromatic heterocycles. The average molecular weight is 274 g/mol. The fraction of sp³-hybridized carbons (Fsp3) is 0.0625. The normalized spacial score (nSPS) is 10.0. The molecule has 0 atom stereocenters. The first-order valence-corrected chi connectivity index (χ1v) is 6.23. The lowest BCUT2D eigenvalue weighted by molar-refractivity contribution is 0.414. The van der Waals surface area contributed by atoms with Crippen LogP contribution < -0.4 is 4.74 Å². The number of rotatable bonds is 2. The minimum atomic E-state index is 0.347. The zero-order chi connectivity index (χ0) is 14.8. The van der Waals surface area contributed by atoms with Crippen LogP contribution >= 0.6 is 0 Å². The molecule has 0 aliphatic rings. The third-order valence-electron chi connectivity index (χ3n) is 3.27. The number of ether oxygens (including phenoxy) is 1. The number of nitrogens with zero attached hydrogens (tertiary/aromatic N) is 4. The fourth-order valence-electron chi connectivity index (χ4n) is 2.19. The monoisotopic (exact) mass is 274 g/mol. The van der Waals surface area contributed by atoms with Gasteiger partial charge >= 0.3 is 0 Å². The Balaban J connectivity index is 2.20. The van der Waals surface area contributed by atoms with Crippen LogP contribution in [0.2, 0.25) is 0 Å². The molecule has 100 valence electrons. The molecular weight excluding hydrogens is 264 g/mol. The van der Waals surface area contributed by atoms with Crippen LogP contribution in [0.15, 0.2) is 42.6 Å². The van der Waals surface area contributed by atoms with Crippen molar-refractivity contribution in [1.29, 1.82) is 10.5 Å². The molecule has 0 aliphatic heterocycles. The van der Waals surface area contributed by atoms with E-state index < -0.39 is 0 Å². The van der Waals surface area contributed by atoms with Gasteiger partial charge in [-0.3, -0.25) is 0 Å². The van der Waals surface area contributed by atoms with Crippen molar-refractivity contribution in [3.05, 3.63) is 53.7 Å². The van der Waals surface area contributed by atoms with Crippen molar-refractivity contribution in [2.24, 2.45) is 0 Å². The maximum Gasteiger partial charge on any atom is 0.119 e. The molecule has 0 N–H and O–H groups in total. The van der Waals surface area contributed by atoms with Gasteiger partial charge in [-0.1, -0.05) is 0 Å². The molecular formula is C16H10N4O. The van der Waals surface area contributed by atoms with Crippen LogP contribution in [0.4, 0.5) is 0 Å². The molecule has 0 aliphatic carbocycles. The quantitative estimate of drug-likeness (QED) is 0.720. The Bertz CT molecular complexity index is 895. The molecule has 0 fully saturated rings. The predicted molar refractivity (Wildman–Crippen MR) is 77.1 cm³/mol. The first kappa shape index (κ1) is 12.7. The standard InChI is InChI=1S/C16H10N4O/c1-21-15-4-2-14(3-5-15)20-16-7-12(9-18)11(8-17)6-13(16)10-19-20/h2-7,10H,1H3. The third kappa shape index (κ3) is 2.07. The Morgan fingerprint density at radius 3 is 2.33 bits per heavy atom. The van der Waals surface area contributed by atoms with E-state index in [1.54, 1.807) is 30.1 Å². The Labute approximate surface area is 121 Å². The highest BCUT2D eigenvalue weighted by Gasteiger charge is 2.10. The lowest BCUT2D eigenvalue weighted by Crippen LogP contribution is -1.96. The van der Waals surface area contributed by atoms with Crippen LogP contribution in [0.3, 0.4) is 0 Å². The van der Waals surface area contributed by atoms with Crippen LogP contribution in [0.5, 0.6) is 5.75 Å². The van der Waals surface area contributed by atoms with E-state index in [0.717, 1.165) is 22.3 Å². The second kappa shape index (κ2) is 4.99. The second-order valence-electron chi connectivity index (χ2n) is 4.43. The minimum absolute atomic E-state index is 0.347. The van der Waals surface area contributed by atoms with Crippen LogP contribution in [-0.2, 0) is 0 Å². The number of fused-ring (bicyclic) bond motifs is 1. The number of methoxy groups -OCH3 is 1. The van der Waals surface area contributed by atoms with Gasteiger partial charge in [0.2, 0.25) is 0 Å². The number of hydrogen-bond acceptors (Lipinski definition) is 4. The van der Waals surface area contributed by atoms with Crippen LogP contribution in [-0.4, -0.2) is 16.9 Å². The van der Waals surface area contributed by atoms with Gasteiger partial charge < -0.3 is 4.74 Å². The summed E-state index contributed by atoms with van der Waals surface area (Å²) in [6.45, 7) is 0. The highest BCUT2D eigenvalue weighted by Crippen LogP contribution is 2.23. The summed E-state index contributed by atoms with van der Waals surface area (Å²) in [4.78, 5) is 0. The summed E-state index contributed by atoms with van der Waals surface area (Å²) in [6.07, 6.45) is 1.68. The van der Waals surface area contributed by atoms with E-state index in [2.05, 4.69) is 5.10 Å². The van der Waals surface area contributed by atoms with Crippen molar-refractivity contribution in [2.45, 2.75) is 0 Å². The first-order valence-electron chi connectivity index (χ1n) is 6.23. The van der Waals surface area contributed by atoms with E-state index in [4.69, 9.17) is 15.3 Å². The van der Waals surface area contributed by atoms with Crippen molar-refractivity contribution in [2.75, 3.05) is 7.11 Å². The molecule has 0 radical (unpaired) electrons. The summed E-state index contributed by atoms with van der Waals surface area (Å²) in [6, 6.07) is 14.9. The highest BCUT2D eigenvalue weighted by atomic mass is 16.5. The van der Waals surface area contributed by atoms with Crippen molar-refractivity contribution in [3.63, 3.8) is 0 Å². The van der Waals surface area contributed by atoms with E-state index in [9.17, 15) is 0 Å². The maximum absolute atomic E-state index is 9.13. The molecule has 0 bridgehead atoms. The molecule has 21 heavy (non-hydrogen) atoms. The zero-order valence-corrected chi connectivity index (χ0v) is 11.2. The van der Waals surface area contributed by atoms with Crippen LogP contribution in [0, 0.1) is 22.7 Å². The minimum Gasteiger partial charge on any atom is -0.497 e. The molecule has 0 saturated heterocycles. The van der Waals surface area contributed by atoms with Crippen molar-refractivity contribution < 1.29 is 4.74 Å². The molecule has 0 amide bonds. The summed E-state index contributed by atoms with van der Waals surface area (Å²) < 4.78 is 6.86. The van der Waals surface area contributed by atoms with E-state index in [1.807, 2.05) is 36.4 Å². The topological polar surface area (TPSA) is 74.6 Å². The van der Waals surface area contributed by atoms with Gasteiger partial charge in [-0.25, -0.2) is 4.68 Å². The second-order valence-corrected chi connectivity index (χ2v) is 4.43. The molecule has 3 aromatic rings. The molecule has 3 rings (SSSR count). The first-order chi connectivity index (χ1) is 10.3. The number of aromatic nitrogens is 2. The van der Waals surface area contributed by atoms with Crippen molar-refractivity contribution in [3.8, 4) is 23.6 Å². The molecule has 1 heterocycles. The van der Waals surface area contributed by atoms with Gasteiger partial charge in [0.05, 0.1) is 35.6 Å².